The zero-order chi connectivity index (χ0) is 20.4. The van der Waals surface area contributed by atoms with Gasteiger partial charge in [-0.1, -0.05) is 0 Å². The van der Waals surface area contributed by atoms with Crippen molar-refractivity contribution in [3.05, 3.63) is 59.2 Å². The van der Waals surface area contributed by atoms with Crippen LogP contribution in [0.4, 0.5) is 8.78 Å². The number of aryl methyl sites for hydroxylation is 2. The molecular formula is C22H24F2O5. The van der Waals surface area contributed by atoms with E-state index in [1.54, 1.807) is 18.2 Å². The number of halogens is 2. The Morgan fingerprint density at radius 2 is 1.48 bits per heavy atom. The number of benzene rings is 2. The van der Waals surface area contributed by atoms with E-state index in [1.165, 1.54) is 18.2 Å². The average molecular weight is 406 g/mol. The first-order chi connectivity index (χ1) is 14.0. The van der Waals surface area contributed by atoms with Gasteiger partial charge in [-0.2, -0.15) is 0 Å². The highest BCUT2D eigenvalue weighted by molar-refractivity contribution is 5.36. The molecule has 0 bridgehead atoms. The lowest BCUT2D eigenvalue weighted by Gasteiger charge is -2.28. The molecule has 0 aromatic heterocycles. The number of fused-ring (bicyclic) bond motifs is 2. The van der Waals surface area contributed by atoms with Crippen molar-refractivity contribution in [2.45, 2.75) is 50.1 Å². The number of rotatable bonds is 3. The van der Waals surface area contributed by atoms with Crippen LogP contribution in [0.5, 0.6) is 11.5 Å². The largest absolute Gasteiger partial charge is 0.487 e. The van der Waals surface area contributed by atoms with Gasteiger partial charge in [-0.05, 0) is 73.2 Å². The van der Waals surface area contributed by atoms with Gasteiger partial charge >= 0.3 is 0 Å². The number of aliphatic hydroxyl groups excluding tert-OH is 2. The van der Waals surface area contributed by atoms with Crippen molar-refractivity contribution in [2.75, 3.05) is 13.2 Å². The molecule has 1 fully saturated rings. The Morgan fingerprint density at radius 1 is 0.897 bits per heavy atom. The fourth-order valence-corrected chi connectivity index (χ4v) is 3.68. The third-order valence-electron chi connectivity index (χ3n) is 5.39. The lowest BCUT2D eigenvalue weighted by molar-refractivity contribution is -0.00965. The normalized spacial score (nSPS) is 25.3. The first-order valence-corrected chi connectivity index (χ1v) is 9.84. The van der Waals surface area contributed by atoms with E-state index in [-0.39, 0.29) is 30.4 Å². The van der Waals surface area contributed by atoms with Gasteiger partial charge in [0.25, 0.3) is 0 Å². The molecule has 156 valence electrons. The van der Waals surface area contributed by atoms with Gasteiger partial charge in [0.15, 0.2) is 0 Å². The molecule has 3 heterocycles. The van der Waals surface area contributed by atoms with Gasteiger partial charge in [0.05, 0.1) is 13.2 Å². The quantitative estimate of drug-likeness (QED) is 0.767. The van der Waals surface area contributed by atoms with Gasteiger partial charge in [0, 0.05) is 0 Å². The molecule has 0 radical (unpaired) electrons. The maximum Gasteiger partial charge on any atom is 0.127 e. The summed E-state index contributed by atoms with van der Waals surface area (Å²) in [4.78, 5) is 0. The summed E-state index contributed by atoms with van der Waals surface area (Å²) < 4.78 is 42.1. The lowest BCUT2D eigenvalue weighted by atomic mass is 9.99. The third kappa shape index (κ3) is 4.86. The molecule has 2 aromatic rings. The second kappa shape index (κ2) is 8.65. The van der Waals surface area contributed by atoms with Gasteiger partial charge in [0.2, 0.25) is 0 Å². The second-order valence-corrected chi connectivity index (χ2v) is 7.52. The maximum atomic E-state index is 12.9. The Morgan fingerprint density at radius 3 is 2.07 bits per heavy atom. The van der Waals surface area contributed by atoms with Crippen molar-refractivity contribution in [3.63, 3.8) is 0 Å². The Kier molecular flexibility index (Phi) is 5.99. The highest BCUT2D eigenvalue weighted by atomic mass is 19.1. The van der Waals surface area contributed by atoms with Crippen LogP contribution in [-0.2, 0) is 17.6 Å². The summed E-state index contributed by atoms with van der Waals surface area (Å²) in [5.41, 5.74) is 1.79. The SMILES string of the molecule is Fc1ccc2c(c1)CC[C@@H]([C@H]1CO1)O2.OC[C@@H](O)[C@@H]1CCc2cc(F)ccc2O1. The molecule has 2 N–H and O–H groups in total. The highest BCUT2D eigenvalue weighted by Gasteiger charge is 2.36. The minimum atomic E-state index is -0.872. The Hall–Kier alpha value is -2.22. The van der Waals surface area contributed by atoms with Gasteiger partial charge < -0.3 is 24.4 Å². The van der Waals surface area contributed by atoms with E-state index in [0.717, 1.165) is 36.3 Å². The number of hydrogen-bond donors (Lipinski definition) is 2. The van der Waals surface area contributed by atoms with Gasteiger partial charge in [-0.15, -0.1) is 0 Å². The summed E-state index contributed by atoms with van der Waals surface area (Å²) >= 11 is 0. The standard InChI is InChI=1S/C11H13FO3.C11H11FO2/c12-8-2-4-10-7(5-8)1-3-11(15-10)9(14)6-13;12-8-2-4-9-7(5-8)1-3-10(14-9)11-6-13-11/h2,4-5,9,11,13-14H,1,3,6H2;2,4-5,10-11H,1,3,6H2/t9-,11+;10-,11+/m10/s1. The molecule has 3 aliphatic heterocycles. The molecule has 4 atom stereocenters. The van der Waals surface area contributed by atoms with Crippen LogP contribution < -0.4 is 9.47 Å². The van der Waals surface area contributed by atoms with Gasteiger partial charge in [-0.3, -0.25) is 0 Å². The van der Waals surface area contributed by atoms with Crippen molar-refractivity contribution in [1.29, 1.82) is 0 Å². The zero-order valence-corrected chi connectivity index (χ0v) is 15.9. The molecule has 0 spiro atoms. The van der Waals surface area contributed by atoms with Crippen molar-refractivity contribution in [3.8, 4) is 11.5 Å². The molecule has 3 aliphatic rings. The van der Waals surface area contributed by atoms with Crippen LogP contribution in [0.3, 0.4) is 0 Å². The molecule has 2 aromatic carbocycles. The van der Waals surface area contributed by atoms with E-state index in [4.69, 9.17) is 19.3 Å². The van der Waals surface area contributed by atoms with E-state index in [0.29, 0.717) is 18.6 Å². The zero-order valence-electron chi connectivity index (χ0n) is 15.9. The van der Waals surface area contributed by atoms with E-state index in [1.807, 2.05) is 0 Å². The molecule has 0 aliphatic carbocycles. The monoisotopic (exact) mass is 406 g/mol. The lowest BCUT2D eigenvalue weighted by Crippen LogP contribution is -2.37. The number of epoxide rings is 1. The summed E-state index contributed by atoms with van der Waals surface area (Å²) in [5, 5.41) is 18.2. The number of hydrogen-bond acceptors (Lipinski definition) is 5. The topological polar surface area (TPSA) is 71.5 Å². The maximum absolute atomic E-state index is 12.9. The molecule has 0 unspecified atom stereocenters. The first-order valence-electron chi connectivity index (χ1n) is 9.84. The van der Waals surface area contributed by atoms with Crippen LogP contribution in [0.25, 0.3) is 0 Å². The summed E-state index contributed by atoms with van der Waals surface area (Å²) in [5.74, 6) is 0.949. The molecular weight excluding hydrogens is 382 g/mol. The summed E-state index contributed by atoms with van der Waals surface area (Å²) in [6.45, 7) is 0.488. The molecule has 1 saturated heterocycles. The van der Waals surface area contributed by atoms with E-state index in [2.05, 4.69) is 0 Å². The Balaban J connectivity index is 0.000000141. The molecule has 5 nitrogen and oxygen atoms in total. The van der Waals surface area contributed by atoms with Crippen molar-refractivity contribution < 1.29 is 33.2 Å². The molecule has 0 amide bonds. The Labute approximate surface area is 167 Å². The summed E-state index contributed by atoms with van der Waals surface area (Å²) in [6, 6.07) is 9.03. The predicted octanol–water partition coefficient (Wildman–Crippen LogP) is 2.79. The summed E-state index contributed by atoms with van der Waals surface area (Å²) in [6.07, 6.45) is 2.25. The number of aliphatic hydroxyl groups is 2. The molecule has 29 heavy (non-hydrogen) atoms. The minimum absolute atomic E-state index is 0.174. The van der Waals surface area contributed by atoms with E-state index >= 15 is 0 Å². The molecule has 5 rings (SSSR count). The first kappa shape index (κ1) is 20.1. The van der Waals surface area contributed by atoms with Crippen molar-refractivity contribution in [1.82, 2.24) is 0 Å². The van der Waals surface area contributed by atoms with Crippen LogP contribution in [0.15, 0.2) is 36.4 Å². The van der Waals surface area contributed by atoms with Crippen LogP contribution in [-0.4, -0.2) is 47.8 Å². The molecule has 7 heteroatoms. The predicted molar refractivity (Wildman–Crippen MR) is 101 cm³/mol. The van der Waals surface area contributed by atoms with Gasteiger partial charge in [-0.25, -0.2) is 8.78 Å². The second-order valence-electron chi connectivity index (χ2n) is 7.52. The Bertz CT molecular complexity index is 855. The average Bonchev–Trinajstić information content (AvgIpc) is 3.58. The van der Waals surface area contributed by atoms with Crippen LogP contribution in [0.1, 0.15) is 24.0 Å². The van der Waals surface area contributed by atoms with Crippen LogP contribution >= 0.6 is 0 Å². The fourth-order valence-electron chi connectivity index (χ4n) is 3.68. The fraction of sp³-hybridized carbons (Fsp3) is 0.455. The van der Waals surface area contributed by atoms with Gasteiger partial charge in [0.1, 0.15) is 47.5 Å². The minimum Gasteiger partial charge on any atom is -0.487 e. The highest BCUT2D eigenvalue weighted by Crippen LogP contribution is 2.32. The van der Waals surface area contributed by atoms with Crippen molar-refractivity contribution >= 4 is 0 Å². The molecule has 0 saturated carbocycles. The van der Waals surface area contributed by atoms with E-state index in [9.17, 15) is 13.9 Å². The smallest absolute Gasteiger partial charge is 0.127 e. The van der Waals surface area contributed by atoms with E-state index < -0.39 is 12.2 Å². The van der Waals surface area contributed by atoms with Crippen LogP contribution in [0, 0.1) is 11.6 Å². The van der Waals surface area contributed by atoms with Crippen molar-refractivity contribution in [2.24, 2.45) is 0 Å². The summed E-state index contributed by atoms with van der Waals surface area (Å²) in [7, 11) is 0. The third-order valence-corrected chi connectivity index (χ3v) is 5.39. The van der Waals surface area contributed by atoms with Crippen LogP contribution in [0.2, 0.25) is 0 Å². The number of ether oxygens (including phenoxy) is 3.